The van der Waals surface area contributed by atoms with Gasteiger partial charge in [0.25, 0.3) is 0 Å². The fraction of sp³-hybridized carbons (Fsp3) is 0.500. The standard InChI is InChI=1S/C10H15BrN2O2/c1-14-9-3-5-13-8(10(9)15-2)7-12-6-4-11/h3,5,12H,4,6-7H2,1-2H3. The second kappa shape index (κ2) is 6.63. The molecule has 0 bridgehead atoms. The van der Waals surface area contributed by atoms with Gasteiger partial charge >= 0.3 is 0 Å². The monoisotopic (exact) mass is 274 g/mol. The van der Waals surface area contributed by atoms with Crippen molar-refractivity contribution in [3.05, 3.63) is 18.0 Å². The van der Waals surface area contributed by atoms with Crippen LogP contribution in [0.15, 0.2) is 12.3 Å². The number of rotatable bonds is 6. The Labute approximate surface area is 98.1 Å². The van der Waals surface area contributed by atoms with E-state index in [0.717, 1.165) is 17.6 Å². The lowest BCUT2D eigenvalue weighted by molar-refractivity contribution is 0.348. The zero-order chi connectivity index (χ0) is 11.1. The predicted molar refractivity (Wildman–Crippen MR) is 62.8 cm³/mol. The van der Waals surface area contributed by atoms with Gasteiger partial charge in [0, 0.05) is 30.7 Å². The van der Waals surface area contributed by atoms with E-state index in [1.165, 1.54) is 0 Å². The number of ether oxygens (including phenoxy) is 2. The molecule has 0 saturated heterocycles. The largest absolute Gasteiger partial charge is 0.493 e. The molecule has 0 amide bonds. The Kier molecular flexibility index (Phi) is 5.42. The normalized spacial score (nSPS) is 10.1. The first-order valence-electron chi connectivity index (χ1n) is 4.66. The van der Waals surface area contributed by atoms with Crippen molar-refractivity contribution >= 4 is 15.9 Å². The van der Waals surface area contributed by atoms with Gasteiger partial charge in [-0.05, 0) is 0 Å². The SMILES string of the molecule is COc1ccnc(CNCCBr)c1OC. The summed E-state index contributed by atoms with van der Waals surface area (Å²) in [6.07, 6.45) is 1.71. The Bertz CT molecular complexity index is 307. The summed E-state index contributed by atoms with van der Waals surface area (Å²) in [6.45, 7) is 1.56. The highest BCUT2D eigenvalue weighted by Crippen LogP contribution is 2.28. The molecule has 0 aliphatic heterocycles. The van der Waals surface area contributed by atoms with Crippen LogP contribution < -0.4 is 14.8 Å². The molecule has 1 rings (SSSR count). The van der Waals surface area contributed by atoms with Crippen molar-refractivity contribution < 1.29 is 9.47 Å². The first kappa shape index (κ1) is 12.3. The Hall–Kier alpha value is -0.810. The smallest absolute Gasteiger partial charge is 0.183 e. The van der Waals surface area contributed by atoms with E-state index in [1.807, 2.05) is 0 Å². The summed E-state index contributed by atoms with van der Waals surface area (Å²) in [6, 6.07) is 1.78. The Morgan fingerprint density at radius 3 is 2.80 bits per heavy atom. The molecule has 0 saturated carbocycles. The number of halogens is 1. The van der Waals surface area contributed by atoms with E-state index in [9.17, 15) is 0 Å². The number of nitrogens with one attached hydrogen (secondary N) is 1. The van der Waals surface area contributed by atoms with Crippen molar-refractivity contribution in [1.82, 2.24) is 10.3 Å². The zero-order valence-electron chi connectivity index (χ0n) is 8.92. The molecule has 1 N–H and O–H groups in total. The van der Waals surface area contributed by atoms with Gasteiger partial charge in [0.2, 0.25) is 0 Å². The lowest BCUT2D eigenvalue weighted by Gasteiger charge is -2.11. The summed E-state index contributed by atoms with van der Waals surface area (Å²) in [4.78, 5) is 4.25. The van der Waals surface area contributed by atoms with Crippen LogP contribution in [-0.4, -0.2) is 31.1 Å². The number of pyridine rings is 1. The maximum atomic E-state index is 5.26. The van der Waals surface area contributed by atoms with Crippen molar-refractivity contribution in [2.24, 2.45) is 0 Å². The van der Waals surface area contributed by atoms with Crippen LogP contribution in [0.4, 0.5) is 0 Å². The number of methoxy groups -OCH3 is 2. The summed E-state index contributed by atoms with van der Waals surface area (Å²) >= 11 is 3.35. The quantitative estimate of drug-likeness (QED) is 0.632. The molecule has 5 heteroatoms. The van der Waals surface area contributed by atoms with E-state index in [-0.39, 0.29) is 0 Å². The zero-order valence-corrected chi connectivity index (χ0v) is 10.5. The van der Waals surface area contributed by atoms with Gasteiger partial charge < -0.3 is 14.8 Å². The number of alkyl halides is 1. The molecular formula is C10H15BrN2O2. The molecule has 0 aliphatic carbocycles. The van der Waals surface area contributed by atoms with Crippen molar-refractivity contribution in [2.75, 3.05) is 26.1 Å². The van der Waals surface area contributed by atoms with Gasteiger partial charge in [-0.3, -0.25) is 4.98 Å². The summed E-state index contributed by atoms with van der Waals surface area (Å²) in [5.74, 6) is 1.41. The average Bonchev–Trinajstić information content (AvgIpc) is 2.29. The van der Waals surface area contributed by atoms with E-state index in [0.29, 0.717) is 18.0 Å². The van der Waals surface area contributed by atoms with Crippen LogP contribution in [0.3, 0.4) is 0 Å². The summed E-state index contributed by atoms with van der Waals surface area (Å²) in [5.41, 5.74) is 0.859. The fourth-order valence-electron chi connectivity index (χ4n) is 1.25. The third-order valence-electron chi connectivity index (χ3n) is 1.93. The number of aromatic nitrogens is 1. The Morgan fingerprint density at radius 2 is 2.20 bits per heavy atom. The Morgan fingerprint density at radius 1 is 1.40 bits per heavy atom. The summed E-state index contributed by atoms with van der Waals surface area (Å²) in [5, 5.41) is 4.15. The van der Waals surface area contributed by atoms with Crippen LogP contribution in [0.25, 0.3) is 0 Å². The molecule has 15 heavy (non-hydrogen) atoms. The molecule has 4 nitrogen and oxygen atoms in total. The average molecular weight is 275 g/mol. The maximum Gasteiger partial charge on any atom is 0.183 e. The van der Waals surface area contributed by atoms with Crippen LogP contribution in [0.2, 0.25) is 0 Å². The third-order valence-corrected chi connectivity index (χ3v) is 2.33. The van der Waals surface area contributed by atoms with Gasteiger partial charge in [-0.25, -0.2) is 0 Å². The third kappa shape index (κ3) is 3.35. The van der Waals surface area contributed by atoms with Crippen LogP contribution in [0.1, 0.15) is 5.69 Å². The van der Waals surface area contributed by atoms with Gasteiger partial charge in [-0.15, -0.1) is 0 Å². The summed E-state index contributed by atoms with van der Waals surface area (Å²) < 4.78 is 10.4. The molecule has 1 aromatic heterocycles. The van der Waals surface area contributed by atoms with E-state index in [4.69, 9.17) is 9.47 Å². The minimum absolute atomic E-state index is 0.673. The topological polar surface area (TPSA) is 43.4 Å². The molecule has 84 valence electrons. The highest BCUT2D eigenvalue weighted by atomic mass is 79.9. The van der Waals surface area contributed by atoms with E-state index in [2.05, 4.69) is 26.2 Å². The van der Waals surface area contributed by atoms with Gasteiger partial charge in [-0.1, -0.05) is 15.9 Å². The van der Waals surface area contributed by atoms with E-state index < -0.39 is 0 Å². The van der Waals surface area contributed by atoms with Crippen molar-refractivity contribution in [3.8, 4) is 11.5 Å². The maximum absolute atomic E-state index is 5.26. The van der Waals surface area contributed by atoms with E-state index >= 15 is 0 Å². The van der Waals surface area contributed by atoms with Gasteiger partial charge in [0.1, 0.15) is 0 Å². The van der Waals surface area contributed by atoms with Crippen LogP contribution in [-0.2, 0) is 6.54 Å². The minimum Gasteiger partial charge on any atom is -0.493 e. The molecule has 0 fully saturated rings. The van der Waals surface area contributed by atoms with Crippen LogP contribution >= 0.6 is 15.9 Å². The first-order valence-corrected chi connectivity index (χ1v) is 5.78. The lowest BCUT2D eigenvalue weighted by Crippen LogP contribution is -2.17. The lowest BCUT2D eigenvalue weighted by atomic mass is 10.3. The van der Waals surface area contributed by atoms with Gasteiger partial charge in [0.15, 0.2) is 11.5 Å². The highest BCUT2D eigenvalue weighted by molar-refractivity contribution is 9.09. The van der Waals surface area contributed by atoms with Crippen molar-refractivity contribution in [3.63, 3.8) is 0 Å². The first-order chi connectivity index (χ1) is 7.33. The number of nitrogens with zero attached hydrogens (tertiary/aromatic N) is 1. The van der Waals surface area contributed by atoms with Gasteiger partial charge in [0.05, 0.1) is 19.9 Å². The Balaban J connectivity index is 2.76. The van der Waals surface area contributed by atoms with Crippen LogP contribution in [0, 0.1) is 0 Å². The molecule has 0 radical (unpaired) electrons. The molecule has 0 aliphatic rings. The summed E-state index contributed by atoms with van der Waals surface area (Å²) in [7, 11) is 3.24. The van der Waals surface area contributed by atoms with Gasteiger partial charge in [-0.2, -0.15) is 0 Å². The highest BCUT2D eigenvalue weighted by Gasteiger charge is 2.09. The minimum atomic E-state index is 0.673. The molecule has 0 spiro atoms. The van der Waals surface area contributed by atoms with Crippen molar-refractivity contribution in [2.45, 2.75) is 6.54 Å². The van der Waals surface area contributed by atoms with E-state index in [1.54, 1.807) is 26.5 Å². The molecule has 1 aromatic rings. The number of hydrogen-bond donors (Lipinski definition) is 1. The molecular weight excluding hydrogens is 260 g/mol. The second-order valence-corrected chi connectivity index (χ2v) is 3.65. The molecule has 0 aromatic carbocycles. The predicted octanol–water partition coefficient (Wildman–Crippen LogP) is 1.58. The molecule has 1 heterocycles. The second-order valence-electron chi connectivity index (χ2n) is 2.86. The van der Waals surface area contributed by atoms with Crippen LogP contribution in [0.5, 0.6) is 11.5 Å². The molecule has 0 atom stereocenters. The number of hydrogen-bond acceptors (Lipinski definition) is 4. The fourth-order valence-corrected chi connectivity index (χ4v) is 1.53. The van der Waals surface area contributed by atoms with Crippen molar-refractivity contribution in [1.29, 1.82) is 0 Å². The molecule has 0 unspecified atom stereocenters.